The lowest BCUT2D eigenvalue weighted by atomic mass is 10.1. The van der Waals surface area contributed by atoms with Crippen molar-refractivity contribution in [3.8, 4) is 5.75 Å². The maximum absolute atomic E-state index is 14.1. The van der Waals surface area contributed by atoms with Crippen molar-refractivity contribution in [2.75, 3.05) is 25.1 Å². The Morgan fingerprint density at radius 3 is 2.90 bits per heavy atom. The largest absolute Gasteiger partial charge is 0.497 e. The van der Waals surface area contributed by atoms with Gasteiger partial charge >= 0.3 is 0 Å². The Bertz CT molecular complexity index is 630. The van der Waals surface area contributed by atoms with E-state index in [9.17, 15) is 4.39 Å². The van der Waals surface area contributed by atoms with Gasteiger partial charge < -0.3 is 15.0 Å². The number of hydrogen-bond donors (Lipinski definition) is 1. The van der Waals surface area contributed by atoms with E-state index in [0.717, 1.165) is 19.6 Å². The van der Waals surface area contributed by atoms with Crippen LogP contribution in [0.2, 0.25) is 0 Å². The molecule has 0 fully saturated rings. The van der Waals surface area contributed by atoms with Crippen LogP contribution in [0, 0.1) is 5.82 Å². The quantitative estimate of drug-likeness (QED) is 0.939. The maximum atomic E-state index is 14.1. The number of fused-ring (bicyclic) bond motifs is 1. The van der Waals surface area contributed by atoms with Crippen molar-refractivity contribution in [1.29, 1.82) is 0 Å². The number of methoxy groups -OCH3 is 1. The first kappa shape index (κ1) is 13.9. The van der Waals surface area contributed by atoms with Gasteiger partial charge in [0.05, 0.1) is 7.11 Å². The van der Waals surface area contributed by atoms with Crippen molar-refractivity contribution >= 4 is 5.69 Å². The van der Waals surface area contributed by atoms with Gasteiger partial charge in [-0.25, -0.2) is 4.39 Å². The Hall–Kier alpha value is -2.07. The van der Waals surface area contributed by atoms with Crippen LogP contribution < -0.4 is 15.0 Å². The molecule has 0 aliphatic carbocycles. The molecule has 110 valence electrons. The molecule has 0 radical (unpaired) electrons. The molecular formula is C17H19FN2O. The highest BCUT2D eigenvalue weighted by molar-refractivity contribution is 5.54. The summed E-state index contributed by atoms with van der Waals surface area (Å²) in [4.78, 5) is 2.22. The third kappa shape index (κ3) is 3.00. The summed E-state index contributed by atoms with van der Waals surface area (Å²) >= 11 is 0. The summed E-state index contributed by atoms with van der Waals surface area (Å²) in [5, 5.41) is 3.40. The molecule has 4 heteroatoms. The molecule has 0 unspecified atom stereocenters. The maximum Gasteiger partial charge on any atom is 0.131 e. The van der Waals surface area contributed by atoms with Crippen LogP contribution in [0.1, 0.15) is 11.1 Å². The molecule has 0 saturated heterocycles. The molecule has 0 bridgehead atoms. The topological polar surface area (TPSA) is 24.5 Å². The first-order valence-corrected chi connectivity index (χ1v) is 7.14. The summed E-state index contributed by atoms with van der Waals surface area (Å²) in [6.45, 7) is 3.18. The fraction of sp³-hybridized carbons (Fsp3) is 0.294. The van der Waals surface area contributed by atoms with Gasteiger partial charge in [-0.1, -0.05) is 24.3 Å². The average Bonchev–Trinajstić information content (AvgIpc) is 2.72. The van der Waals surface area contributed by atoms with Gasteiger partial charge in [-0.3, -0.25) is 0 Å². The molecular weight excluding hydrogens is 267 g/mol. The van der Waals surface area contributed by atoms with E-state index in [-0.39, 0.29) is 5.82 Å². The summed E-state index contributed by atoms with van der Waals surface area (Å²) in [5.74, 6) is 0.332. The summed E-state index contributed by atoms with van der Waals surface area (Å²) in [6, 6.07) is 13.3. The van der Waals surface area contributed by atoms with Gasteiger partial charge in [-0.05, 0) is 17.7 Å². The Labute approximate surface area is 124 Å². The second-order valence-electron chi connectivity index (χ2n) is 5.18. The molecule has 3 nitrogen and oxygen atoms in total. The first-order valence-electron chi connectivity index (χ1n) is 7.14. The van der Waals surface area contributed by atoms with E-state index < -0.39 is 0 Å². The highest BCUT2D eigenvalue weighted by Gasteiger charge is 2.16. The van der Waals surface area contributed by atoms with E-state index in [1.165, 1.54) is 17.3 Å². The van der Waals surface area contributed by atoms with Crippen molar-refractivity contribution in [3.63, 3.8) is 0 Å². The molecule has 1 aliphatic heterocycles. The minimum Gasteiger partial charge on any atom is -0.497 e. The minimum absolute atomic E-state index is 0.218. The monoisotopic (exact) mass is 286 g/mol. The SMILES string of the molecule is COc1ccc(CN2CCNCc3ccccc32)c(F)c1. The molecule has 21 heavy (non-hydrogen) atoms. The van der Waals surface area contributed by atoms with Gasteiger partial charge in [0, 0.05) is 43.5 Å². The molecule has 2 aromatic rings. The van der Waals surface area contributed by atoms with Crippen LogP contribution in [0.4, 0.5) is 10.1 Å². The number of nitrogens with zero attached hydrogens (tertiary/aromatic N) is 1. The molecule has 1 aliphatic rings. The number of hydrogen-bond acceptors (Lipinski definition) is 3. The second-order valence-corrected chi connectivity index (χ2v) is 5.18. The van der Waals surface area contributed by atoms with Gasteiger partial charge in [0.25, 0.3) is 0 Å². The highest BCUT2D eigenvalue weighted by atomic mass is 19.1. The van der Waals surface area contributed by atoms with E-state index in [1.54, 1.807) is 19.2 Å². The third-order valence-corrected chi connectivity index (χ3v) is 3.83. The molecule has 1 N–H and O–H groups in total. The lowest BCUT2D eigenvalue weighted by molar-refractivity contribution is 0.410. The predicted molar refractivity (Wildman–Crippen MR) is 82.2 cm³/mol. The smallest absolute Gasteiger partial charge is 0.131 e. The van der Waals surface area contributed by atoms with Gasteiger partial charge in [-0.15, -0.1) is 0 Å². The van der Waals surface area contributed by atoms with Crippen LogP contribution in [-0.2, 0) is 13.1 Å². The molecule has 1 heterocycles. The van der Waals surface area contributed by atoms with Crippen LogP contribution in [0.3, 0.4) is 0 Å². The Morgan fingerprint density at radius 2 is 2.10 bits per heavy atom. The van der Waals surface area contributed by atoms with Crippen molar-refractivity contribution in [1.82, 2.24) is 5.32 Å². The number of ether oxygens (including phenoxy) is 1. The molecule has 0 amide bonds. The molecule has 3 rings (SSSR count). The average molecular weight is 286 g/mol. The van der Waals surface area contributed by atoms with Crippen LogP contribution in [0.15, 0.2) is 42.5 Å². The van der Waals surface area contributed by atoms with E-state index in [4.69, 9.17) is 4.74 Å². The number of nitrogens with one attached hydrogen (secondary N) is 1. The Morgan fingerprint density at radius 1 is 1.24 bits per heavy atom. The van der Waals surface area contributed by atoms with Crippen LogP contribution in [0.5, 0.6) is 5.75 Å². The Kier molecular flexibility index (Phi) is 4.06. The predicted octanol–water partition coefficient (Wildman–Crippen LogP) is 2.94. The van der Waals surface area contributed by atoms with Gasteiger partial charge in [0.15, 0.2) is 0 Å². The number of anilines is 1. The zero-order chi connectivity index (χ0) is 14.7. The highest BCUT2D eigenvalue weighted by Crippen LogP contribution is 2.25. The zero-order valence-corrected chi connectivity index (χ0v) is 12.1. The number of rotatable bonds is 3. The summed E-state index contributed by atoms with van der Waals surface area (Å²) < 4.78 is 19.2. The van der Waals surface area contributed by atoms with Gasteiger partial charge in [0.2, 0.25) is 0 Å². The molecule has 0 aromatic heterocycles. The molecule has 0 spiro atoms. The first-order chi connectivity index (χ1) is 10.3. The van der Waals surface area contributed by atoms with E-state index in [1.807, 2.05) is 12.1 Å². The summed E-state index contributed by atoms with van der Waals surface area (Å²) in [5.41, 5.74) is 3.12. The normalized spacial score (nSPS) is 14.5. The number of para-hydroxylation sites is 1. The van der Waals surface area contributed by atoms with E-state index in [2.05, 4.69) is 22.3 Å². The summed E-state index contributed by atoms with van der Waals surface area (Å²) in [6.07, 6.45) is 0. The second kappa shape index (κ2) is 6.14. The fourth-order valence-electron chi connectivity index (χ4n) is 2.68. The van der Waals surface area contributed by atoms with Gasteiger partial charge in [-0.2, -0.15) is 0 Å². The Balaban J connectivity index is 1.87. The van der Waals surface area contributed by atoms with Gasteiger partial charge in [0.1, 0.15) is 11.6 Å². The zero-order valence-electron chi connectivity index (χ0n) is 12.1. The van der Waals surface area contributed by atoms with Crippen molar-refractivity contribution in [2.24, 2.45) is 0 Å². The minimum atomic E-state index is -0.218. The van der Waals surface area contributed by atoms with Crippen molar-refractivity contribution < 1.29 is 9.13 Å². The van der Waals surface area contributed by atoms with E-state index in [0.29, 0.717) is 17.9 Å². The van der Waals surface area contributed by atoms with Crippen LogP contribution in [0.25, 0.3) is 0 Å². The van der Waals surface area contributed by atoms with Crippen LogP contribution in [-0.4, -0.2) is 20.2 Å². The van der Waals surface area contributed by atoms with Crippen molar-refractivity contribution in [3.05, 3.63) is 59.4 Å². The lowest BCUT2D eigenvalue weighted by Crippen LogP contribution is -2.28. The summed E-state index contributed by atoms with van der Waals surface area (Å²) in [7, 11) is 1.55. The third-order valence-electron chi connectivity index (χ3n) is 3.83. The number of benzene rings is 2. The lowest BCUT2D eigenvalue weighted by Gasteiger charge is -2.25. The number of halogens is 1. The van der Waals surface area contributed by atoms with E-state index >= 15 is 0 Å². The fourth-order valence-corrected chi connectivity index (χ4v) is 2.68. The standard InChI is InChI=1S/C17H19FN2O/c1-21-15-7-6-14(16(18)10-15)12-20-9-8-19-11-13-4-2-3-5-17(13)20/h2-7,10,19H,8-9,11-12H2,1H3. The molecule has 2 aromatic carbocycles. The molecule has 0 saturated carbocycles. The van der Waals surface area contributed by atoms with Crippen molar-refractivity contribution in [2.45, 2.75) is 13.1 Å². The van der Waals surface area contributed by atoms with Crippen LogP contribution >= 0.6 is 0 Å². The molecule has 0 atom stereocenters.